The number of rotatable bonds is 0. The van der Waals surface area contributed by atoms with Crippen LogP contribution in [0.2, 0.25) is 0 Å². The van der Waals surface area contributed by atoms with Gasteiger partial charge in [-0.15, -0.1) is 0 Å². The fraction of sp³-hybridized carbons (Fsp3) is 0.600. The Bertz CT molecular complexity index is 303. The molecule has 2 heterocycles. The molecule has 2 aliphatic heterocycles. The average molecular weight is 193 g/mol. The molecule has 0 radical (unpaired) electrons. The van der Waals surface area contributed by atoms with Crippen molar-refractivity contribution in [2.45, 2.75) is 0 Å². The Labute approximate surface area is 68.0 Å². The molecule has 2 fully saturated rings. The Morgan fingerprint density at radius 3 is 2.25 bits per heavy atom. The van der Waals surface area contributed by atoms with Gasteiger partial charge in [-0.25, -0.2) is 13.8 Å². The molecular weight excluding hydrogens is 186 g/mol. The van der Waals surface area contributed by atoms with Crippen molar-refractivity contribution in [1.29, 1.82) is 0 Å². The lowest BCUT2D eigenvalue weighted by atomic mass is 10.7. The zero-order chi connectivity index (χ0) is 8.84. The van der Waals surface area contributed by atoms with Gasteiger partial charge in [-0.05, 0) is 0 Å². The predicted molar refractivity (Wildman–Crippen MR) is 38.1 cm³/mol. The van der Waals surface area contributed by atoms with Crippen LogP contribution in [0.3, 0.4) is 0 Å². The van der Waals surface area contributed by atoms with Crippen molar-refractivity contribution < 1.29 is 22.2 Å². The van der Waals surface area contributed by atoms with E-state index in [1.54, 1.807) is 0 Å². The molecule has 0 saturated carbocycles. The van der Waals surface area contributed by atoms with E-state index in [9.17, 15) is 13.8 Å². The summed E-state index contributed by atoms with van der Waals surface area (Å²) in [7, 11) is -3.87. The summed E-state index contributed by atoms with van der Waals surface area (Å²) in [5, 5.41) is 2.72. The van der Waals surface area contributed by atoms with Gasteiger partial charge in [0.25, 0.3) is 0 Å². The van der Waals surface area contributed by atoms with Crippen molar-refractivity contribution in [3.05, 3.63) is 0 Å². The maximum Gasteiger partial charge on any atom is 0.433 e. The molecule has 0 amide bonds. The van der Waals surface area contributed by atoms with Gasteiger partial charge < -0.3 is 13.7 Å². The van der Waals surface area contributed by atoms with Crippen LogP contribution in [0, 0.1) is 0 Å². The van der Waals surface area contributed by atoms with Crippen molar-refractivity contribution in [1.82, 2.24) is 5.32 Å². The molecule has 0 bridgehead atoms. The summed E-state index contributed by atoms with van der Waals surface area (Å²) in [5.41, 5.74) is 0. The van der Waals surface area contributed by atoms with Crippen LogP contribution in [0.15, 0.2) is 0 Å². The van der Waals surface area contributed by atoms with E-state index in [2.05, 4.69) is 13.7 Å². The van der Waals surface area contributed by atoms with E-state index < -0.39 is 21.6 Å². The quantitative estimate of drug-likeness (QED) is 0.462. The molecule has 0 atom stereocenters. The molecule has 0 aromatic rings. The summed E-state index contributed by atoms with van der Waals surface area (Å²) in [6, 6.07) is 0. The Hall–Kier alpha value is -0.950. The molecule has 2 saturated heterocycles. The maximum atomic E-state index is 11.9. The first kappa shape index (κ1) is 7.69. The van der Waals surface area contributed by atoms with Crippen LogP contribution in [0.5, 0.6) is 0 Å². The van der Waals surface area contributed by atoms with Gasteiger partial charge in [0.05, 0.1) is 5.75 Å². The third kappa shape index (κ3) is 0.864. The van der Waals surface area contributed by atoms with Gasteiger partial charge in [0.15, 0.2) is 9.63 Å². The number of hydrogen-bond acceptors (Lipinski definition) is 6. The van der Waals surface area contributed by atoms with Gasteiger partial charge in [0.1, 0.15) is 5.88 Å². The lowest BCUT2D eigenvalue weighted by Crippen LogP contribution is -2.37. The van der Waals surface area contributed by atoms with Crippen LogP contribution in [-0.4, -0.2) is 34.3 Å². The summed E-state index contributed by atoms with van der Waals surface area (Å²) < 4.78 is 20.8. The monoisotopic (exact) mass is 193 g/mol. The Balaban J connectivity index is 2.41. The lowest BCUT2D eigenvalue weighted by molar-refractivity contribution is -0.150. The van der Waals surface area contributed by atoms with Gasteiger partial charge in [0, 0.05) is 6.54 Å². The molecule has 68 valence electrons. The van der Waals surface area contributed by atoms with E-state index in [0.29, 0.717) is 6.54 Å². The highest BCUT2D eigenvalue weighted by Crippen LogP contribution is 2.36. The van der Waals surface area contributed by atoms with Crippen LogP contribution in [0.25, 0.3) is 0 Å². The third-order valence-corrected chi connectivity index (χ3v) is 4.54. The molecule has 7 heteroatoms. The van der Waals surface area contributed by atoms with Crippen LogP contribution in [0.4, 0.5) is 0 Å². The zero-order valence-corrected chi connectivity index (χ0v) is 6.89. The summed E-state index contributed by atoms with van der Waals surface area (Å²) in [6.07, 6.45) is 0. The second-order valence-corrected chi connectivity index (χ2v) is 5.97. The number of nitrogens with one attached hydrogen (secondary N) is 1. The fourth-order valence-electron chi connectivity index (χ4n) is 1.18. The zero-order valence-electron chi connectivity index (χ0n) is 6.07. The highest BCUT2D eigenvalue weighted by atomic mass is 32.3. The Morgan fingerprint density at radius 2 is 1.83 bits per heavy atom. The van der Waals surface area contributed by atoms with Gasteiger partial charge in [-0.3, -0.25) is 0 Å². The second-order valence-electron chi connectivity index (χ2n) is 2.71. The van der Waals surface area contributed by atoms with Crippen molar-refractivity contribution in [3.63, 3.8) is 0 Å². The molecule has 1 spiro atoms. The molecule has 6 nitrogen and oxygen atoms in total. The van der Waals surface area contributed by atoms with E-state index in [1.165, 1.54) is 0 Å². The standard InChI is InChI=1S/C5H7NO5S/c7-4-5(8)11-12(9,10-4)2-1-6-3-12/h6H,1-3H2. The first-order valence-corrected chi connectivity index (χ1v) is 5.51. The molecular formula is C5H7NO5S. The smallest absolute Gasteiger partial charge is 0.350 e. The SMILES string of the molecule is O=C1OS2(=O)(CCNC2)OC1=O. The van der Waals surface area contributed by atoms with Crippen molar-refractivity contribution >= 4 is 21.6 Å². The largest absolute Gasteiger partial charge is 0.433 e. The van der Waals surface area contributed by atoms with Crippen molar-refractivity contribution in [3.8, 4) is 0 Å². The number of carbonyl (C=O) groups is 2. The van der Waals surface area contributed by atoms with Gasteiger partial charge in [-0.1, -0.05) is 0 Å². The van der Waals surface area contributed by atoms with Gasteiger partial charge >= 0.3 is 11.9 Å². The summed E-state index contributed by atoms with van der Waals surface area (Å²) >= 11 is 0. The maximum absolute atomic E-state index is 11.9. The van der Waals surface area contributed by atoms with Crippen molar-refractivity contribution in [2.24, 2.45) is 0 Å². The van der Waals surface area contributed by atoms with Crippen LogP contribution < -0.4 is 5.32 Å². The molecule has 0 aliphatic carbocycles. The third-order valence-electron chi connectivity index (χ3n) is 1.74. The lowest BCUT2D eigenvalue weighted by Gasteiger charge is -2.27. The van der Waals surface area contributed by atoms with E-state index in [0.717, 1.165) is 0 Å². The molecule has 1 N–H and O–H groups in total. The minimum atomic E-state index is -3.87. The molecule has 0 aromatic heterocycles. The topological polar surface area (TPSA) is 81.7 Å². The van der Waals surface area contributed by atoms with Gasteiger partial charge in [0.2, 0.25) is 0 Å². The summed E-state index contributed by atoms with van der Waals surface area (Å²) in [5.74, 6) is -2.32. The summed E-state index contributed by atoms with van der Waals surface area (Å²) in [4.78, 5) is 21.3. The van der Waals surface area contributed by atoms with Gasteiger partial charge in [-0.2, -0.15) is 0 Å². The van der Waals surface area contributed by atoms with Crippen LogP contribution in [0.1, 0.15) is 0 Å². The normalized spacial score (nSPS) is 33.8. The molecule has 0 aromatic carbocycles. The first-order valence-electron chi connectivity index (χ1n) is 3.35. The fourth-order valence-corrected chi connectivity index (χ4v) is 3.53. The number of carbonyl (C=O) groups excluding carboxylic acids is 2. The summed E-state index contributed by atoms with van der Waals surface area (Å²) in [6.45, 7) is 0.423. The second kappa shape index (κ2) is 1.86. The Kier molecular flexibility index (Phi) is 1.19. The van der Waals surface area contributed by atoms with Crippen LogP contribution in [-0.2, 0) is 27.6 Å². The van der Waals surface area contributed by atoms with E-state index in [4.69, 9.17) is 0 Å². The van der Waals surface area contributed by atoms with Crippen LogP contribution >= 0.6 is 0 Å². The number of hydrogen-bond donors (Lipinski definition) is 1. The van der Waals surface area contributed by atoms with Crippen molar-refractivity contribution in [2.75, 3.05) is 18.2 Å². The minimum Gasteiger partial charge on any atom is -0.350 e. The first-order chi connectivity index (χ1) is 5.52. The minimum absolute atomic E-state index is 0.0642. The van der Waals surface area contributed by atoms with E-state index in [1.807, 2.05) is 0 Å². The molecule has 2 rings (SSSR count). The molecule has 12 heavy (non-hydrogen) atoms. The highest BCUT2D eigenvalue weighted by Gasteiger charge is 2.55. The van der Waals surface area contributed by atoms with E-state index >= 15 is 0 Å². The predicted octanol–water partition coefficient (Wildman–Crippen LogP) is -1.70. The van der Waals surface area contributed by atoms with E-state index in [-0.39, 0.29) is 11.6 Å². The highest BCUT2D eigenvalue weighted by molar-refractivity contribution is 8.13. The molecule has 0 unspecified atom stereocenters. The molecule has 2 aliphatic rings. The average Bonchev–Trinajstić information content (AvgIpc) is 2.41. The Morgan fingerprint density at radius 1 is 1.25 bits per heavy atom.